The van der Waals surface area contributed by atoms with Crippen LogP contribution in [0.4, 0.5) is 5.82 Å². The molecular weight excluding hydrogens is 486 g/mol. The minimum atomic E-state index is -0.900. The Labute approximate surface area is 214 Å². The van der Waals surface area contributed by atoms with Gasteiger partial charge in [0.1, 0.15) is 28.4 Å². The van der Waals surface area contributed by atoms with Crippen LogP contribution in [0.5, 0.6) is 11.6 Å². The van der Waals surface area contributed by atoms with E-state index < -0.39 is 10.7 Å². The van der Waals surface area contributed by atoms with E-state index in [4.69, 9.17) is 9.15 Å². The lowest BCUT2D eigenvalue weighted by Gasteiger charge is -2.23. The van der Waals surface area contributed by atoms with Gasteiger partial charge in [0.05, 0.1) is 12.8 Å². The van der Waals surface area contributed by atoms with E-state index in [1.165, 1.54) is 18.1 Å². The van der Waals surface area contributed by atoms with E-state index in [0.717, 1.165) is 16.2 Å². The number of anilines is 1. The van der Waals surface area contributed by atoms with Crippen LogP contribution in [0.2, 0.25) is 0 Å². The Bertz CT molecular complexity index is 1220. The molecule has 1 N–H and O–H groups in total. The third-order valence-electron chi connectivity index (χ3n) is 5.03. The van der Waals surface area contributed by atoms with Gasteiger partial charge in [0, 0.05) is 17.5 Å². The Balaban J connectivity index is 0.00000342. The number of rotatable bonds is 10. The molecule has 0 bridgehead atoms. The number of ether oxygens (including phenoxy) is 1. The molecule has 2 aromatic heterocycles. The number of thioether (sulfide) groups is 1. The summed E-state index contributed by atoms with van der Waals surface area (Å²) >= 11 is 1.32. The second-order valence-electron chi connectivity index (χ2n) is 8.13. The lowest BCUT2D eigenvalue weighted by atomic mass is 10.2. The van der Waals surface area contributed by atoms with Crippen molar-refractivity contribution in [3.63, 3.8) is 0 Å². The van der Waals surface area contributed by atoms with Crippen LogP contribution >= 0.6 is 24.2 Å². The second-order valence-corrected chi connectivity index (χ2v) is 9.82. The fourth-order valence-corrected chi connectivity index (χ4v) is 4.15. The van der Waals surface area contributed by atoms with Crippen LogP contribution in [0.15, 0.2) is 94.7 Å². The maximum atomic E-state index is 11.4. The zero-order valence-corrected chi connectivity index (χ0v) is 21.0. The lowest BCUT2D eigenvalue weighted by Crippen LogP contribution is -2.26. The van der Waals surface area contributed by atoms with Gasteiger partial charge in [-0.05, 0) is 55.8 Å². The summed E-state index contributed by atoms with van der Waals surface area (Å²) in [5.41, 5.74) is 1.05. The van der Waals surface area contributed by atoms with Crippen molar-refractivity contribution in [3.05, 3.63) is 96.7 Å². The maximum Gasteiger partial charge on any atom is 0.319 e. The van der Waals surface area contributed by atoms with Gasteiger partial charge < -0.3 is 19.2 Å². The number of carboxylic acid groups (broad SMARTS) is 1. The molecule has 0 aliphatic heterocycles. The van der Waals surface area contributed by atoms with Crippen molar-refractivity contribution in [1.29, 1.82) is 0 Å². The molecule has 0 fully saturated rings. The number of aliphatic carboxylic acids is 1. The Hall–Kier alpha value is -3.49. The largest absolute Gasteiger partial charge is 0.480 e. The topological polar surface area (TPSA) is 88.7 Å². The molecule has 0 atom stereocenters. The summed E-state index contributed by atoms with van der Waals surface area (Å²) < 4.78 is 10.6. The van der Waals surface area contributed by atoms with Gasteiger partial charge in [-0.3, -0.25) is 4.79 Å². The van der Waals surface area contributed by atoms with E-state index in [1.54, 1.807) is 26.2 Å². The highest BCUT2D eigenvalue weighted by molar-refractivity contribution is 8.01. The van der Waals surface area contributed by atoms with E-state index in [0.29, 0.717) is 30.5 Å². The summed E-state index contributed by atoms with van der Waals surface area (Å²) in [5.74, 6) is 1.80. The van der Waals surface area contributed by atoms with E-state index in [1.807, 2.05) is 66.7 Å². The van der Waals surface area contributed by atoms with Gasteiger partial charge >= 0.3 is 5.97 Å². The third kappa shape index (κ3) is 7.24. The van der Waals surface area contributed by atoms with Crippen molar-refractivity contribution in [2.24, 2.45) is 0 Å². The summed E-state index contributed by atoms with van der Waals surface area (Å²) in [6, 6.07) is 22.9. The van der Waals surface area contributed by atoms with Crippen LogP contribution in [0.25, 0.3) is 0 Å². The maximum absolute atomic E-state index is 11.4. The first kappa shape index (κ1) is 26.1. The van der Waals surface area contributed by atoms with E-state index in [9.17, 15) is 9.90 Å². The van der Waals surface area contributed by atoms with E-state index in [-0.39, 0.29) is 12.4 Å². The predicted molar refractivity (Wildman–Crippen MR) is 138 cm³/mol. The van der Waals surface area contributed by atoms with Crippen molar-refractivity contribution in [3.8, 4) is 11.6 Å². The predicted octanol–water partition coefficient (Wildman–Crippen LogP) is 6.45. The molecule has 4 rings (SSSR count). The first-order valence-corrected chi connectivity index (χ1v) is 11.5. The highest BCUT2D eigenvalue weighted by atomic mass is 35.5. The summed E-state index contributed by atoms with van der Waals surface area (Å²) in [4.78, 5) is 23.1. The van der Waals surface area contributed by atoms with Gasteiger partial charge in [0.25, 0.3) is 0 Å². The number of halogens is 1. The van der Waals surface area contributed by atoms with Crippen molar-refractivity contribution in [1.82, 2.24) is 9.97 Å². The molecule has 2 aromatic carbocycles. The van der Waals surface area contributed by atoms with Crippen molar-refractivity contribution in [2.45, 2.75) is 36.6 Å². The van der Waals surface area contributed by atoms with Crippen LogP contribution in [0.3, 0.4) is 0 Å². The monoisotopic (exact) mass is 511 g/mol. The minimum absolute atomic E-state index is 0. The van der Waals surface area contributed by atoms with Gasteiger partial charge in [-0.25, -0.2) is 9.97 Å². The van der Waals surface area contributed by atoms with Gasteiger partial charge in [-0.15, -0.1) is 24.2 Å². The summed E-state index contributed by atoms with van der Waals surface area (Å²) in [6.45, 7) is 4.47. The standard InChI is InChI=1S/C26H25N3O4S.ClH/c1-26(2,25(30)31)34-22-12-10-19(11-13-22)16-29(17-21-9-6-14-32-21)23-15-24(28-18-27-23)33-20-7-4-3-5-8-20;/h3-15,18H,16-17H2,1-2H3,(H,30,31);1H. The number of hydrogen-bond acceptors (Lipinski definition) is 7. The smallest absolute Gasteiger partial charge is 0.319 e. The Kier molecular flexibility index (Phi) is 8.78. The molecule has 0 radical (unpaired) electrons. The molecule has 0 saturated carbocycles. The average molecular weight is 512 g/mol. The van der Waals surface area contributed by atoms with Gasteiger partial charge in [0.15, 0.2) is 0 Å². The zero-order valence-electron chi connectivity index (χ0n) is 19.3. The van der Waals surface area contributed by atoms with Gasteiger partial charge in [-0.1, -0.05) is 30.3 Å². The van der Waals surface area contributed by atoms with Crippen molar-refractivity contribution in [2.75, 3.05) is 4.90 Å². The number of aromatic nitrogens is 2. The number of hydrogen-bond donors (Lipinski definition) is 1. The minimum Gasteiger partial charge on any atom is -0.480 e. The summed E-state index contributed by atoms with van der Waals surface area (Å²) in [5, 5.41) is 9.38. The number of carbonyl (C=O) groups is 1. The SMILES string of the molecule is CC(C)(Sc1ccc(CN(Cc2ccco2)c2cc(Oc3ccccc3)ncn2)cc1)C(=O)O.Cl. The molecule has 182 valence electrons. The van der Waals surface area contributed by atoms with Gasteiger partial charge in [-0.2, -0.15) is 0 Å². The number of carboxylic acids is 1. The first-order chi connectivity index (χ1) is 16.4. The van der Waals surface area contributed by atoms with Crippen LogP contribution in [0.1, 0.15) is 25.2 Å². The van der Waals surface area contributed by atoms with Crippen LogP contribution in [0, 0.1) is 0 Å². The fourth-order valence-electron chi connectivity index (χ4n) is 3.20. The molecule has 0 aliphatic rings. The highest BCUT2D eigenvalue weighted by Crippen LogP contribution is 2.33. The van der Waals surface area contributed by atoms with E-state index >= 15 is 0 Å². The Morgan fingerprint density at radius 3 is 2.43 bits per heavy atom. The average Bonchev–Trinajstić information content (AvgIpc) is 3.34. The van der Waals surface area contributed by atoms with Crippen LogP contribution in [-0.2, 0) is 17.9 Å². The first-order valence-electron chi connectivity index (χ1n) is 10.7. The molecule has 7 nitrogen and oxygen atoms in total. The Morgan fingerprint density at radius 2 is 1.77 bits per heavy atom. The molecular formula is C26H26ClN3O4S. The van der Waals surface area contributed by atoms with E-state index in [2.05, 4.69) is 14.9 Å². The molecule has 9 heteroatoms. The quantitative estimate of drug-likeness (QED) is 0.243. The normalized spacial score (nSPS) is 10.9. The molecule has 0 amide bonds. The number of para-hydroxylation sites is 1. The molecule has 0 spiro atoms. The van der Waals surface area contributed by atoms with Crippen LogP contribution in [-0.4, -0.2) is 25.8 Å². The molecule has 2 heterocycles. The highest BCUT2D eigenvalue weighted by Gasteiger charge is 2.28. The van der Waals surface area contributed by atoms with Gasteiger partial charge in [0.2, 0.25) is 5.88 Å². The number of furan rings is 1. The summed E-state index contributed by atoms with van der Waals surface area (Å²) in [6.07, 6.45) is 3.13. The fraction of sp³-hybridized carbons (Fsp3) is 0.192. The number of benzene rings is 2. The molecule has 4 aromatic rings. The molecule has 35 heavy (non-hydrogen) atoms. The lowest BCUT2D eigenvalue weighted by molar-refractivity contribution is -0.138. The third-order valence-corrected chi connectivity index (χ3v) is 6.22. The number of nitrogens with zero attached hydrogens (tertiary/aromatic N) is 3. The Morgan fingerprint density at radius 1 is 1.03 bits per heavy atom. The van der Waals surface area contributed by atoms with Crippen LogP contribution < -0.4 is 9.64 Å². The molecule has 0 unspecified atom stereocenters. The zero-order chi connectivity index (χ0) is 24.0. The summed E-state index contributed by atoms with van der Waals surface area (Å²) in [7, 11) is 0. The second kappa shape index (κ2) is 11.8. The molecule has 0 aliphatic carbocycles. The van der Waals surface area contributed by atoms with Crippen molar-refractivity contribution >= 4 is 36.0 Å². The van der Waals surface area contributed by atoms with Crippen molar-refractivity contribution < 1.29 is 19.1 Å². The molecule has 0 saturated heterocycles.